The average molecular weight is 218 g/mol. The number of halogens is 2. The van der Waals surface area contributed by atoms with E-state index in [1.807, 2.05) is 0 Å². The summed E-state index contributed by atoms with van der Waals surface area (Å²) >= 11 is 5.46. The van der Waals surface area contributed by atoms with Crippen LogP contribution in [0.2, 0.25) is 0 Å². The van der Waals surface area contributed by atoms with E-state index in [9.17, 15) is 14.5 Å². The van der Waals surface area contributed by atoms with Crippen molar-refractivity contribution < 1.29 is 9.31 Å². The van der Waals surface area contributed by atoms with E-state index in [0.29, 0.717) is 24.3 Å². The fourth-order valence-corrected chi connectivity index (χ4v) is 1.36. The number of hydrogen-bond donors (Lipinski definition) is 0. The van der Waals surface area contributed by atoms with Gasteiger partial charge >= 0.3 is 5.69 Å². The highest BCUT2D eigenvalue weighted by atomic mass is 35.5. The van der Waals surface area contributed by atoms with E-state index in [1.165, 1.54) is 6.07 Å². The van der Waals surface area contributed by atoms with Crippen LogP contribution >= 0.6 is 11.6 Å². The standard InChI is InChI=1S/C9H9ClFNO2/c10-6-2-4-7-3-1-5-8(11)9(7)12(13)14/h1,3,5H,2,4,6H2. The molecule has 0 atom stereocenters. The van der Waals surface area contributed by atoms with Gasteiger partial charge < -0.3 is 0 Å². The molecule has 76 valence electrons. The van der Waals surface area contributed by atoms with Crippen LogP contribution in [0.15, 0.2) is 18.2 Å². The van der Waals surface area contributed by atoms with Gasteiger partial charge in [0.2, 0.25) is 5.82 Å². The SMILES string of the molecule is O=[N+]([O-])c1c(F)cccc1CCCCl. The maximum atomic E-state index is 13.1. The fraction of sp³-hybridized carbons (Fsp3) is 0.333. The zero-order valence-electron chi connectivity index (χ0n) is 7.37. The number of nitro groups is 1. The Balaban J connectivity index is 3.02. The number of nitrogens with zero attached hydrogens (tertiary/aromatic N) is 1. The number of alkyl halides is 1. The molecule has 0 fully saturated rings. The first kappa shape index (κ1) is 10.9. The smallest absolute Gasteiger partial charge is 0.258 e. The van der Waals surface area contributed by atoms with Gasteiger partial charge in [-0.1, -0.05) is 12.1 Å². The molecule has 1 aromatic rings. The molecule has 0 radical (unpaired) electrons. The average Bonchev–Trinajstić information content (AvgIpc) is 2.14. The Hall–Kier alpha value is -1.16. The van der Waals surface area contributed by atoms with Gasteiger partial charge in [0, 0.05) is 11.4 Å². The summed E-state index contributed by atoms with van der Waals surface area (Å²) in [5, 5.41) is 10.5. The van der Waals surface area contributed by atoms with E-state index in [-0.39, 0.29) is 0 Å². The van der Waals surface area contributed by atoms with Crippen LogP contribution < -0.4 is 0 Å². The van der Waals surface area contributed by atoms with Crippen molar-refractivity contribution in [2.24, 2.45) is 0 Å². The molecule has 0 aliphatic heterocycles. The van der Waals surface area contributed by atoms with E-state index in [1.54, 1.807) is 6.07 Å². The molecule has 0 bridgehead atoms. The predicted molar refractivity (Wildman–Crippen MR) is 52.1 cm³/mol. The third kappa shape index (κ3) is 2.42. The Kier molecular flexibility index (Phi) is 3.83. The molecule has 0 aromatic heterocycles. The molecule has 14 heavy (non-hydrogen) atoms. The molecule has 0 aliphatic carbocycles. The van der Waals surface area contributed by atoms with Crippen molar-refractivity contribution in [2.75, 3.05) is 5.88 Å². The highest BCUT2D eigenvalue weighted by Crippen LogP contribution is 2.23. The molecule has 0 heterocycles. The molecule has 0 saturated heterocycles. The summed E-state index contributed by atoms with van der Waals surface area (Å²) in [6.45, 7) is 0. The highest BCUT2D eigenvalue weighted by molar-refractivity contribution is 6.17. The van der Waals surface area contributed by atoms with Gasteiger partial charge in [-0.2, -0.15) is 4.39 Å². The topological polar surface area (TPSA) is 43.1 Å². The minimum absolute atomic E-state index is 0.399. The molecule has 1 aromatic carbocycles. The predicted octanol–water partition coefficient (Wildman–Crippen LogP) is 2.91. The molecule has 0 saturated carbocycles. The second-order valence-electron chi connectivity index (χ2n) is 2.80. The number of benzene rings is 1. The lowest BCUT2D eigenvalue weighted by molar-refractivity contribution is -0.388. The van der Waals surface area contributed by atoms with Crippen molar-refractivity contribution in [2.45, 2.75) is 12.8 Å². The first-order chi connectivity index (χ1) is 6.66. The summed E-state index contributed by atoms with van der Waals surface area (Å²) in [4.78, 5) is 9.84. The van der Waals surface area contributed by atoms with Gasteiger partial charge in [0.15, 0.2) is 0 Å². The molecule has 0 spiro atoms. The van der Waals surface area contributed by atoms with E-state index < -0.39 is 16.4 Å². The lowest BCUT2D eigenvalue weighted by atomic mass is 10.1. The zero-order chi connectivity index (χ0) is 10.6. The Bertz CT molecular complexity index is 344. The van der Waals surface area contributed by atoms with Crippen LogP contribution in [0, 0.1) is 15.9 Å². The van der Waals surface area contributed by atoms with E-state index in [2.05, 4.69) is 0 Å². The zero-order valence-corrected chi connectivity index (χ0v) is 8.13. The Morgan fingerprint density at radius 2 is 2.21 bits per heavy atom. The number of aryl methyl sites for hydroxylation is 1. The molecule has 1 rings (SSSR count). The van der Waals surface area contributed by atoms with Crippen LogP contribution in [0.1, 0.15) is 12.0 Å². The monoisotopic (exact) mass is 217 g/mol. The summed E-state index contributed by atoms with van der Waals surface area (Å²) in [6.07, 6.45) is 1.03. The maximum absolute atomic E-state index is 13.1. The van der Waals surface area contributed by atoms with Crippen molar-refractivity contribution in [3.63, 3.8) is 0 Å². The van der Waals surface area contributed by atoms with Crippen LogP contribution in [-0.4, -0.2) is 10.8 Å². The summed E-state index contributed by atoms with van der Waals surface area (Å²) in [6, 6.07) is 4.10. The second-order valence-corrected chi connectivity index (χ2v) is 3.18. The minimum Gasteiger partial charge on any atom is -0.258 e. The molecule has 0 amide bonds. The molecule has 5 heteroatoms. The Labute approximate surface area is 85.6 Å². The van der Waals surface area contributed by atoms with Gasteiger partial charge in [-0.15, -0.1) is 11.6 Å². The van der Waals surface area contributed by atoms with Gasteiger partial charge in [0.05, 0.1) is 4.92 Å². The summed E-state index contributed by atoms with van der Waals surface area (Å²) in [5.41, 5.74) is -0.0340. The van der Waals surface area contributed by atoms with E-state index in [0.717, 1.165) is 6.07 Å². The van der Waals surface area contributed by atoms with Gasteiger partial charge in [0.1, 0.15) is 0 Å². The first-order valence-corrected chi connectivity index (χ1v) is 4.68. The summed E-state index contributed by atoms with van der Waals surface area (Å²) in [7, 11) is 0. The van der Waals surface area contributed by atoms with Crippen molar-refractivity contribution >= 4 is 17.3 Å². The fourth-order valence-electron chi connectivity index (χ4n) is 1.22. The van der Waals surface area contributed by atoms with Crippen molar-refractivity contribution in [3.8, 4) is 0 Å². The van der Waals surface area contributed by atoms with Crippen LogP contribution in [0.5, 0.6) is 0 Å². The Morgan fingerprint density at radius 1 is 1.50 bits per heavy atom. The lowest BCUT2D eigenvalue weighted by Gasteiger charge is -2.01. The number of rotatable bonds is 4. The van der Waals surface area contributed by atoms with E-state index in [4.69, 9.17) is 11.6 Å². The van der Waals surface area contributed by atoms with Gasteiger partial charge in [-0.05, 0) is 18.9 Å². The van der Waals surface area contributed by atoms with E-state index >= 15 is 0 Å². The third-order valence-corrected chi connectivity index (χ3v) is 2.10. The van der Waals surface area contributed by atoms with Crippen LogP contribution in [0.25, 0.3) is 0 Å². The molecule has 3 nitrogen and oxygen atoms in total. The van der Waals surface area contributed by atoms with Gasteiger partial charge in [0.25, 0.3) is 0 Å². The van der Waals surface area contributed by atoms with Crippen LogP contribution in [0.3, 0.4) is 0 Å². The largest absolute Gasteiger partial charge is 0.307 e. The van der Waals surface area contributed by atoms with Crippen LogP contribution in [-0.2, 0) is 6.42 Å². The van der Waals surface area contributed by atoms with Gasteiger partial charge in [-0.3, -0.25) is 10.1 Å². The molecule has 0 aliphatic rings. The van der Waals surface area contributed by atoms with Crippen LogP contribution in [0.4, 0.5) is 10.1 Å². The Morgan fingerprint density at radius 3 is 2.79 bits per heavy atom. The normalized spacial score (nSPS) is 10.1. The van der Waals surface area contributed by atoms with Crippen molar-refractivity contribution in [3.05, 3.63) is 39.7 Å². The highest BCUT2D eigenvalue weighted by Gasteiger charge is 2.18. The molecular weight excluding hydrogens is 209 g/mol. The summed E-state index contributed by atoms with van der Waals surface area (Å²) < 4.78 is 13.1. The number of nitro benzene ring substituents is 1. The number of para-hydroxylation sites is 1. The molecular formula is C9H9ClFNO2. The maximum Gasteiger partial charge on any atom is 0.307 e. The van der Waals surface area contributed by atoms with Crippen molar-refractivity contribution in [1.29, 1.82) is 0 Å². The third-order valence-electron chi connectivity index (χ3n) is 1.83. The quantitative estimate of drug-likeness (QED) is 0.442. The first-order valence-electron chi connectivity index (χ1n) is 4.14. The lowest BCUT2D eigenvalue weighted by Crippen LogP contribution is -1.99. The van der Waals surface area contributed by atoms with Gasteiger partial charge in [-0.25, -0.2) is 0 Å². The minimum atomic E-state index is -0.790. The second kappa shape index (κ2) is 4.91. The van der Waals surface area contributed by atoms with Crippen molar-refractivity contribution in [1.82, 2.24) is 0 Å². The number of hydrogen-bond acceptors (Lipinski definition) is 2. The molecule has 0 unspecified atom stereocenters. The molecule has 0 N–H and O–H groups in total. The summed E-state index contributed by atoms with van der Waals surface area (Å²) in [5.74, 6) is -0.379.